The topological polar surface area (TPSA) is 145 Å². The predicted octanol–water partition coefficient (Wildman–Crippen LogP) is -0.848. The molecular formula is C13H26N2O8S2. The molecule has 12 heteroatoms. The van der Waals surface area contributed by atoms with Gasteiger partial charge in [0.25, 0.3) is 0 Å². The molecule has 2 amide bonds. The Kier molecular flexibility index (Phi) is 12.8. The second-order valence-corrected chi connectivity index (χ2v) is 8.53. The SMILES string of the molecule is CN(C)C(=O)C(CCOCCOCCOCCSS(=O)(=O)O)C(N)=O. The molecule has 0 aliphatic rings. The summed E-state index contributed by atoms with van der Waals surface area (Å²) in [7, 11) is -0.515. The molecule has 0 aliphatic heterocycles. The summed E-state index contributed by atoms with van der Waals surface area (Å²) < 4.78 is 44.9. The summed E-state index contributed by atoms with van der Waals surface area (Å²) in [5.41, 5.74) is 5.20. The molecule has 0 heterocycles. The smallest absolute Gasteiger partial charge is 0.319 e. The van der Waals surface area contributed by atoms with Crippen LogP contribution in [0.2, 0.25) is 0 Å². The average molecular weight is 402 g/mol. The largest absolute Gasteiger partial charge is 0.379 e. The lowest BCUT2D eigenvalue weighted by atomic mass is 10.0. The Hall–Kier alpha value is -0.920. The van der Waals surface area contributed by atoms with Gasteiger partial charge in [0.1, 0.15) is 5.92 Å². The Morgan fingerprint density at radius 1 is 1.04 bits per heavy atom. The molecule has 0 aromatic carbocycles. The summed E-state index contributed by atoms with van der Waals surface area (Å²) in [6.45, 7) is 1.58. The quantitative estimate of drug-likeness (QED) is 0.155. The minimum Gasteiger partial charge on any atom is -0.379 e. The van der Waals surface area contributed by atoms with E-state index in [1.54, 1.807) is 14.1 Å². The number of nitrogens with two attached hydrogens (primary N) is 1. The van der Waals surface area contributed by atoms with E-state index in [2.05, 4.69) is 0 Å². The van der Waals surface area contributed by atoms with Crippen molar-refractivity contribution in [1.82, 2.24) is 4.90 Å². The monoisotopic (exact) mass is 402 g/mol. The summed E-state index contributed by atoms with van der Waals surface area (Å²) in [5.74, 6) is -1.79. The molecule has 25 heavy (non-hydrogen) atoms. The number of ether oxygens (including phenoxy) is 3. The standard InChI is InChI=1S/C13H26N2O8S2/c1-15(2)13(17)11(12(14)16)3-4-21-5-6-22-7-8-23-9-10-24-25(18,19)20/h11H,3-10H2,1-2H3,(H2,14,16)(H,18,19,20). The van der Waals surface area contributed by atoms with Crippen molar-refractivity contribution in [2.45, 2.75) is 6.42 Å². The van der Waals surface area contributed by atoms with E-state index in [0.29, 0.717) is 30.6 Å². The van der Waals surface area contributed by atoms with E-state index < -0.39 is 21.0 Å². The van der Waals surface area contributed by atoms with Crippen molar-refractivity contribution < 1.29 is 36.8 Å². The predicted molar refractivity (Wildman–Crippen MR) is 92.5 cm³/mol. The van der Waals surface area contributed by atoms with E-state index in [1.165, 1.54) is 4.90 Å². The molecule has 1 unspecified atom stereocenters. The molecule has 3 N–H and O–H groups in total. The first-order chi connectivity index (χ1) is 11.6. The van der Waals surface area contributed by atoms with Crippen LogP contribution in [0, 0.1) is 5.92 Å². The third kappa shape index (κ3) is 14.0. The van der Waals surface area contributed by atoms with Crippen LogP contribution < -0.4 is 5.73 Å². The van der Waals surface area contributed by atoms with Gasteiger partial charge in [-0.15, -0.1) is 0 Å². The molecule has 0 saturated carbocycles. The molecule has 148 valence electrons. The Bertz CT molecular complexity index is 498. The third-order valence-electron chi connectivity index (χ3n) is 2.84. The molecule has 0 radical (unpaired) electrons. The number of hydrogen-bond donors (Lipinski definition) is 2. The van der Waals surface area contributed by atoms with Crippen LogP contribution in [0.15, 0.2) is 0 Å². The molecule has 0 aliphatic carbocycles. The van der Waals surface area contributed by atoms with Crippen molar-refractivity contribution in [2.24, 2.45) is 11.7 Å². The van der Waals surface area contributed by atoms with Gasteiger partial charge < -0.3 is 24.8 Å². The van der Waals surface area contributed by atoms with Gasteiger partial charge in [-0.3, -0.25) is 14.1 Å². The van der Waals surface area contributed by atoms with Gasteiger partial charge in [-0.25, -0.2) is 0 Å². The van der Waals surface area contributed by atoms with Gasteiger partial charge in [0, 0.05) is 26.5 Å². The van der Waals surface area contributed by atoms with Crippen LogP contribution in [0.3, 0.4) is 0 Å². The van der Waals surface area contributed by atoms with Crippen LogP contribution in [0.5, 0.6) is 0 Å². The first kappa shape index (κ1) is 24.1. The Morgan fingerprint density at radius 3 is 1.96 bits per heavy atom. The molecule has 0 rings (SSSR count). The van der Waals surface area contributed by atoms with Gasteiger partial charge >= 0.3 is 9.15 Å². The molecule has 0 fully saturated rings. The van der Waals surface area contributed by atoms with Crippen LogP contribution in [-0.4, -0.2) is 89.2 Å². The summed E-state index contributed by atoms with van der Waals surface area (Å²) in [5, 5.41) is 0. The highest BCUT2D eigenvalue weighted by molar-refractivity contribution is 8.69. The van der Waals surface area contributed by atoms with Gasteiger partial charge in [0.15, 0.2) is 0 Å². The van der Waals surface area contributed by atoms with Gasteiger partial charge in [-0.2, -0.15) is 8.42 Å². The second-order valence-electron chi connectivity index (χ2n) is 5.06. The average Bonchev–Trinajstić information content (AvgIpc) is 2.49. The Labute approximate surface area is 151 Å². The molecule has 0 bridgehead atoms. The molecule has 1 atom stereocenters. The zero-order valence-electron chi connectivity index (χ0n) is 14.4. The van der Waals surface area contributed by atoms with Gasteiger partial charge in [-0.1, -0.05) is 0 Å². The fourth-order valence-corrected chi connectivity index (χ4v) is 2.87. The van der Waals surface area contributed by atoms with Crippen LogP contribution in [0.4, 0.5) is 0 Å². The highest BCUT2D eigenvalue weighted by Crippen LogP contribution is 2.08. The highest BCUT2D eigenvalue weighted by atomic mass is 33.1. The second kappa shape index (κ2) is 13.3. The lowest BCUT2D eigenvalue weighted by Gasteiger charge is -2.17. The zero-order valence-corrected chi connectivity index (χ0v) is 16.0. The van der Waals surface area contributed by atoms with Crippen molar-refractivity contribution in [2.75, 3.05) is 59.5 Å². The molecule has 0 aromatic rings. The van der Waals surface area contributed by atoms with Crippen LogP contribution in [0.25, 0.3) is 0 Å². The molecule has 0 spiro atoms. The van der Waals surface area contributed by atoms with E-state index >= 15 is 0 Å². The van der Waals surface area contributed by atoms with E-state index in [9.17, 15) is 18.0 Å². The van der Waals surface area contributed by atoms with E-state index in [-0.39, 0.29) is 37.9 Å². The van der Waals surface area contributed by atoms with Gasteiger partial charge in [0.2, 0.25) is 11.8 Å². The van der Waals surface area contributed by atoms with Crippen molar-refractivity contribution in [1.29, 1.82) is 0 Å². The van der Waals surface area contributed by atoms with E-state index in [0.717, 1.165) is 0 Å². The van der Waals surface area contributed by atoms with Crippen molar-refractivity contribution in [3.05, 3.63) is 0 Å². The van der Waals surface area contributed by atoms with Crippen molar-refractivity contribution >= 4 is 31.8 Å². The van der Waals surface area contributed by atoms with Crippen LogP contribution in [0.1, 0.15) is 6.42 Å². The van der Waals surface area contributed by atoms with Gasteiger partial charge in [0.05, 0.1) is 33.0 Å². The summed E-state index contributed by atoms with van der Waals surface area (Å²) >= 11 is 0. The number of primary amides is 1. The van der Waals surface area contributed by atoms with Crippen LogP contribution >= 0.6 is 10.8 Å². The molecule has 0 aromatic heterocycles. The minimum atomic E-state index is -4.02. The number of carbonyl (C=O) groups excluding carboxylic acids is 2. The zero-order chi connectivity index (χ0) is 19.3. The molecule has 10 nitrogen and oxygen atoms in total. The molecular weight excluding hydrogens is 376 g/mol. The third-order valence-corrected chi connectivity index (χ3v) is 4.86. The highest BCUT2D eigenvalue weighted by Gasteiger charge is 2.25. The Morgan fingerprint density at radius 2 is 1.52 bits per heavy atom. The fraction of sp³-hybridized carbons (Fsp3) is 0.846. The number of carbonyl (C=O) groups is 2. The molecule has 0 saturated heterocycles. The lowest BCUT2D eigenvalue weighted by Crippen LogP contribution is -2.38. The number of hydrogen-bond acceptors (Lipinski definition) is 8. The maximum absolute atomic E-state index is 11.7. The number of amides is 2. The van der Waals surface area contributed by atoms with Crippen LogP contribution in [-0.2, 0) is 32.9 Å². The fourth-order valence-electron chi connectivity index (χ4n) is 1.64. The first-order valence-electron chi connectivity index (χ1n) is 7.50. The minimum absolute atomic E-state index is 0.134. The van der Waals surface area contributed by atoms with Crippen molar-refractivity contribution in [3.8, 4) is 0 Å². The maximum atomic E-state index is 11.7. The van der Waals surface area contributed by atoms with E-state index in [1.807, 2.05) is 0 Å². The number of nitrogens with zero attached hydrogens (tertiary/aromatic N) is 1. The summed E-state index contributed by atoms with van der Waals surface area (Å²) in [6, 6.07) is 0. The van der Waals surface area contributed by atoms with Gasteiger partial charge in [-0.05, 0) is 17.2 Å². The van der Waals surface area contributed by atoms with E-state index in [4.69, 9.17) is 24.5 Å². The Balaban J connectivity index is 3.55. The lowest BCUT2D eigenvalue weighted by molar-refractivity contribution is -0.140. The summed E-state index contributed by atoms with van der Waals surface area (Å²) in [6.07, 6.45) is 0.209. The maximum Gasteiger partial charge on any atom is 0.319 e. The number of rotatable bonds is 15. The first-order valence-corrected chi connectivity index (χ1v) is 10.4. The normalized spacial score (nSPS) is 12.8. The van der Waals surface area contributed by atoms with Crippen molar-refractivity contribution in [3.63, 3.8) is 0 Å². The summed E-state index contributed by atoms with van der Waals surface area (Å²) in [4.78, 5) is 24.3.